The zero-order valence-corrected chi connectivity index (χ0v) is 15.1. The lowest BCUT2D eigenvalue weighted by molar-refractivity contribution is 0.0952. The van der Waals surface area contributed by atoms with Gasteiger partial charge in [-0.1, -0.05) is 12.1 Å². The quantitative estimate of drug-likeness (QED) is 0.498. The number of hydrogen-bond donors (Lipinski definition) is 3. The van der Waals surface area contributed by atoms with Crippen LogP contribution in [-0.2, 0) is 0 Å². The summed E-state index contributed by atoms with van der Waals surface area (Å²) in [5.41, 5.74) is 2.71. The molecule has 23 heavy (non-hydrogen) atoms. The van der Waals surface area contributed by atoms with Crippen LogP contribution in [-0.4, -0.2) is 29.4 Å². The lowest BCUT2D eigenvalue weighted by atomic mass is 10.2. The van der Waals surface area contributed by atoms with Crippen LogP contribution < -0.4 is 10.2 Å². The van der Waals surface area contributed by atoms with Crippen molar-refractivity contribution in [1.82, 2.24) is 5.43 Å². The van der Waals surface area contributed by atoms with E-state index in [9.17, 15) is 15.0 Å². The molecule has 8 heteroatoms. The highest BCUT2D eigenvalue weighted by atomic mass is 79.9. The molecule has 0 aromatic heterocycles. The summed E-state index contributed by atoms with van der Waals surface area (Å²) in [6, 6.07) is 7.70. The summed E-state index contributed by atoms with van der Waals surface area (Å²) in [6.07, 6.45) is 1.27. The van der Waals surface area contributed by atoms with Crippen LogP contribution in [0.2, 0.25) is 0 Å². The largest absolute Gasteiger partial charge is 0.507 e. The van der Waals surface area contributed by atoms with Crippen LogP contribution in [0.15, 0.2) is 44.4 Å². The molecular formula is C15H12Br2N2O4. The standard InChI is InChI=1S/C15H12Br2N2O4/c1-23-12-6-10(16)13(17)9(14(12)21)7-18-19-15(22)8-4-2-3-5-11(8)20/h2-7,20-21H,1H3,(H,19,22)/b18-7+. The summed E-state index contributed by atoms with van der Waals surface area (Å²) >= 11 is 6.63. The summed E-state index contributed by atoms with van der Waals surface area (Å²) in [6.45, 7) is 0. The number of hydrogen-bond acceptors (Lipinski definition) is 5. The van der Waals surface area contributed by atoms with E-state index < -0.39 is 5.91 Å². The molecule has 0 saturated carbocycles. The number of phenolic OH excluding ortho intramolecular Hbond substituents is 2. The van der Waals surface area contributed by atoms with E-state index in [1.807, 2.05) is 0 Å². The second-order valence-electron chi connectivity index (χ2n) is 4.35. The van der Waals surface area contributed by atoms with E-state index in [1.54, 1.807) is 18.2 Å². The number of para-hydroxylation sites is 1. The van der Waals surface area contributed by atoms with Crippen molar-refractivity contribution >= 4 is 44.0 Å². The fourth-order valence-corrected chi connectivity index (χ4v) is 2.59. The van der Waals surface area contributed by atoms with Gasteiger partial charge in [0, 0.05) is 8.95 Å². The summed E-state index contributed by atoms with van der Waals surface area (Å²) in [7, 11) is 1.43. The van der Waals surface area contributed by atoms with Crippen LogP contribution in [0.4, 0.5) is 0 Å². The van der Waals surface area contributed by atoms with Gasteiger partial charge in [-0.15, -0.1) is 0 Å². The molecule has 2 rings (SSSR count). The van der Waals surface area contributed by atoms with Gasteiger partial charge in [-0.3, -0.25) is 4.79 Å². The molecule has 0 aliphatic carbocycles. The first kappa shape index (κ1) is 17.3. The third kappa shape index (κ3) is 3.83. The molecule has 2 aromatic rings. The topological polar surface area (TPSA) is 91.2 Å². The maximum atomic E-state index is 11.9. The van der Waals surface area contributed by atoms with Gasteiger partial charge in [-0.2, -0.15) is 5.10 Å². The van der Waals surface area contributed by atoms with Crippen LogP contribution in [0.3, 0.4) is 0 Å². The second-order valence-corrected chi connectivity index (χ2v) is 6.00. The van der Waals surface area contributed by atoms with E-state index in [0.717, 1.165) is 0 Å². The lowest BCUT2D eigenvalue weighted by Crippen LogP contribution is -2.17. The van der Waals surface area contributed by atoms with E-state index in [1.165, 1.54) is 25.5 Å². The smallest absolute Gasteiger partial charge is 0.275 e. The summed E-state index contributed by atoms with van der Waals surface area (Å²) in [4.78, 5) is 11.9. The first-order valence-corrected chi connectivity index (χ1v) is 7.90. The van der Waals surface area contributed by atoms with Crippen molar-refractivity contribution in [2.75, 3.05) is 7.11 Å². The molecule has 3 N–H and O–H groups in total. The predicted octanol–water partition coefficient (Wildman–Crippen LogP) is 3.40. The van der Waals surface area contributed by atoms with E-state index in [0.29, 0.717) is 14.5 Å². The average molecular weight is 444 g/mol. The van der Waals surface area contributed by atoms with Crippen molar-refractivity contribution in [1.29, 1.82) is 0 Å². The molecule has 6 nitrogen and oxygen atoms in total. The van der Waals surface area contributed by atoms with E-state index in [4.69, 9.17) is 4.74 Å². The van der Waals surface area contributed by atoms with Gasteiger partial charge in [0.2, 0.25) is 0 Å². The van der Waals surface area contributed by atoms with Gasteiger partial charge >= 0.3 is 0 Å². The zero-order chi connectivity index (χ0) is 17.0. The molecule has 0 unspecified atom stereocenters. The van der Waals surface area contributed by atoms with Crippen molar-refractivity contribution in [3.05, 3.63) is 50.4 Å². The highest BCUT2D eigenvalue weighted by Crippen LogP contribution is 2.39. The molecule has 2 aromatic carbocycles. The molecule has 0 spiro atoms. The normalized spacial score (nSPS) is 10.7. The van der Waals surface area contributed by atoms with Gasteiger partial charge in [0.15, 0.2) is 11.5 Å². The third-order valence-corrected chi connectivity index (χ3v) is 4.93. The molecule has 0 atom stereocenters. The fourth-order valence-electron chi connectivity index (χ4n) is 1.77. The van der Waals surface area contributed by atoms with Crippen molar-refractivity contribution in [2.45, 2.75) is 0 Å². The number of ether oxygens (including phenoxy) is 1. The van der Waals surface area contributed by atoms with Crippen molar-refractivity contribution in [3.63, 3.8) is 0 Å². The van der Waals surface area contributed by atoms with Gasteiger partial charge < -0.3 is 14.9 Å². The molecular weight excluding hydrogens is 432 g/mol. The summed E-state index contributed by atoms with van der Waals surface area (Å²) in [5.74, 6) is -0.582. The fraction of sp³-hybridized carbons (Fsp3) is 0.0667. The Morgan fingerprint density at radius 1 is 1.30 bits per heavy atom. The Morgan fingerprint density at radius 2 is 2.00 bits per heavy atom. The molecule has 0 aliphatic rings. The Balaban J connectivity index is 2.23. The maximum absolute atomic E-state index is 11.9. The van der Waals surface area contributed by atoms with Crippen LogP contribution in [0.25, 0.3) is 0 Å². The van der Waals surface area contributed by atoms with Crippen molar-refractivity contribution in [2.24, 2.45) is 5.10 Å². The number of amides is 1. The SMILES string of the molecule is COc1cc(Br)c(Br)c(/C=N/NC(=O)c2ccccc2O)c1O. The van der Waals surface area contributed by atoms with Gasteiger partial charge in [0.05, 0.1) is 24.5 Å². The lowest BCUT2D eigenvalue weighted by Gasteiger charge is -2.09. The van der Waals surface area contributed by atoms with Gasteiger partial charge in [0.1, 0.15) is 5.75 Å². The van der Waals surface area contributed by atoms with Gasteiger partial charge in [0.25, 0.3) is 5.91 Å². The number of hydrazone groups is 1. The monoisotopic (exact) mass is 442 g/mol. The van der Waals surface area contributed by atoms with E-state index in [-0.39, 0.29) is 22.8 Å². The molecule has 1 amide bonds. The molecule has 0 radical (unpaired) electrons. The Hall–Kier alpha value is -2.06. The zero-order valence-electron chi connectivity index (χ0n) is 11.9. The van der Waals surface area contributed by atoms with Crippen molar-refractivity contribution in [3.8, 4) is 17.2 Å². The van der Waals surface area contributed by atoms with Crippen LogP contribution in [0, 0.1) is 0 Å². The minimum Gasteiger partial charge on any atom is -0.507 e. The number of halogens is 2. The Kier molecular flexibility index (Phi) is 5.62. The maximum Gasteiger partial charge on any atom is 0.275 e. The average Bonchev–Trinajstić information content (AvgIpc) is 2.54. The highest BCUT2D eigenvalue weighted by Gasteiger charge is 2.14. The Bertz CT molecular complexity index is 778. The van der Waals surface area contributed by atoms with Crippen LogP contribution >= 0.6 is 31.9 Å². The van der Waals surface area contributed by atoms with Crippen LogP contribution in [0.1, 0.15) is 15.9 Å². The highest BCUT2D eigenvalue weighted by molar-refractivity contribution is 9.13. The first-order valence-electron chi connectivity index (χ1n) is 6.32. The third-order valence-electron chi connectivity index (χ3n) is 2.92. The number of carbonyl (C=O) groups is 1. The van der Waals surface area contributed by atoms with E-state index >= 15 is 0 Å². The molecule has 0 aliphatic heterocycles. The van der Waals surface area contributed by atoms with Crippen molar-refractivity contribution < 1.29 is 19.7 Å². The van der Waals surface area contributed by atoms with Gasteiger partial charge in [-0.05, 0) is 50.1 Å². The Morgan fingerprint density at radius 3 is 2.65 bits per heavy atom. The number of rotatable bonds is 4. The summed E-state index contributed by atoms with van der Waals surface area (Å²) < 4.78 is 6.26. The number of phenols is 2. The predicted molar refractivity (Wildman–Crippen MR) is 93.2 cm³/mol. The number of aromatic hydroxyl groups is 2. The minimum absolute atomic E-state index is 0.0970. The first-order chi connectivity index (χ1) is 11.0. The molecule has 0 bridgehead atoms. The molecule has 0 fully saturated rings. The van der Waals surface area contributed by atoms with Crippen LogP contribution in [0.5, 0.6) is 17.2 Å². The number of benzene rings is 2. The molecule has 0 saturated heterocycles. The molecule has 0 heterocycles. The number of nitrogens with zero attached hydrogens (tertiary/aromatic N) is 1. The number of methoxy groups -OCH3 is 1. The number of nitrogens with one attached hydrogen (secondary N) is 1. The molecule has 120 valence electrons. The minimum atomic E-state index is -0.572. The van der Waals surface area contributed by atoms with Gasteiger partial charge in [-0.25, -0.2) is 5.43 Å². The summed E-state index contributed by atoms with van der Waals surface area (Å²) in [5, 5.41) is 23.5. The Labute approximate surface area is 149 Å². The number of carbonyl (C=O) groups excluding carboxylic acids is 1. The van der Waals surface area contributed by atoms with E-state index in [2.05, 4.69) is 42.4 Å². The second kappa shape index (κ2) is 7.47.